The quantitative estimate of drug-likeness (QED) is 0.448. The number of hydrogen-bond donors (Lipinski definition) is 0. The maximum absolute atomic E-state index is 12.3. The zero-order valence-corrected chi connectivity index (χ0v) is 16.7. The summed E-state index contributed by atoms with van der Waals surface area (Å²) in [5, 5.41) is 0.829. The minimum absolute atomic E-state index is 0.119. The fourth-order valence-corrected chi connectivity index (χ4v) is 3.40. The van der Waals surface area contributed by atoms with E-state index < -0.39 is 5.97 Å². The van der Waals surface area contributed by atoms with Crippen molar-refractivity contribution in [1.29, 1.82) is 0 Å². The van der Waals surface area contributed by atoms with Crippen molar-refractivity contribution in [2.45, 2.75) is 6.92 Å². The molecule has 140 valence electrons. The van der Waals surface area contributed by atoms with Crippen LogP contribution >= 0.6 is 15.9 Å². The summed E-state index contributed by atoms with van der Waals surface area (Å²) in [6, 6.07) is 12.7. The minimum atomic E-state index is -0.545. The average Bonchev–Trinajstić information content (AvgIpc) is 3.23. The Balaban J connectivity index is 1.80. The molecule has 0 aliphatic carbocycles. The van der Waals surface area contributed by atoms with Crippen molar-refractivity contribution < 1.29 is 19.1 Å². The van der Waals surface area contributed by atoms with Crippen LogP contribution in [0.5, 0.6) is 5.75 Å². The van der Waals surface area contributed by atoms with Crippen LogP contribution in [0.2, 0.25) is 0 Å². The first-order valence-electron chi connectivity index (χ1n) is 8.45. The molecule has 28 heavy (non-hydrogen) atoms. The third-order valence-electron chi connectivity index (χ3n) is 4.37. The maximum Gasteiger partial charge on any atom is 0.363 e. The Morgan fingerprint density at radius 1 is 1.25 bits per heavy atom. The second kappa shape index (κ2) is 7.09. The average molecular weight is 439 g/mol. The van der Waals surface area contributed by atoms with Crippen molar-refractivity contribution >= 4 is 50.7 Å². The highest BCUT2D eigenvalue weighted by Gasteiger charge is 2.25. The molecule has 0 radical (unpaired) electrons. The van der Waals surface area contributed by atoms with Gasteiger partial charge in [-0.25, -0.2) is 9.79 Å². The summed E-state index contributed by atoms with van der Waals surface area (Å²) in [7, 11) is 1.57. The number of rotatable bonds is 3. The monoisotopic (exact) mass is 438 g/mol. The predicted octanol–water partition coefficient (Wildman–Crippen LogP) is 4.42. The first kappa shape index (κ1) is 18.2. The number of halogens is 1. The molecule has 0 saturated carbocycles. The lowest BCUT2D eigenvalue weighted by atomic mass is 10.1. The number of carbonyl (C=O) groups excluding carboxylic acids is 2. The van der Waals surface area contributed by atoms with Crippen molar-refractivity contribution in [2.24, 2.45) is 4.99 Å². The zero-order chi connectivity index (χ0) is 19.8. The van der Waals surface area contributed by atoms with Gasteiger partial charge in [0.2, 0.25) is 11.8 Å². The Labute approximate surface area is 169 Å². The van der Waals surface area contributed by atoms with E-state index >= 15 is 0 Å². The second-order valence-electron chi connectivity index (χ2n) is 6.20. The van der Waals surface area contributed by atoms with E-state index in [1.54, 1.807) is 48.2 Å². The van der Waals surface area contributed by atoms with Gasteiger partial charge in [0.05, 0.1) is 12.6 Å². The van der Waals surface area contributed by atoms with Crippen molar-refractivity contribution in [3.8, 4) is 5.75 Å². The van der Waals surface area contributed by atoms with Gasteiger partial charge in [-0.15, -0.1) is 0 Å². The van der Waals surface area contributed by atoms with Crippen LogP contribution in [0.3, 0.4) is 0 Å². The molecule has 0 spiro atoms. The van der Waals surface area contributed by atoms with Gasteiger partial charge in [-0.1, -0.05) is 22.0 Å². The van der Waals surface area contributed by atoms with Gasteiger partial charge in [-0.3, -0.25) is 9.36 Å². The molecule has 0 unspecified atom stereocenters. The van der Waals surface area contributed by atoms with Crippen LogP contribution in [0.4, 0.5) is 0 Å². The van der Waals surface area contributed by atoms with Gasteiger partial charge >= 0.3 is 5.97 Å². The molecule has 1 aliphatic rings. The van der Waals surface area contributed by atoms with E-state index in [1.807, 2.05) is 18.2 Å². The summed E-state index contributed by atoms with van der Waals surface area (Å²) in [5.74, 6) is 0.192. The molecule has 3 aromatic rings. The normalized spacial score (nSPS) is 15.0. The molecular formula is C21H15BrN2O4. The van der Waals surface area contributed by atoms with Crippen LogP contribution < -0.4 is 4.74 Å². The lowest BCUT2D eigenvalue weighted by Gasteiger charge is -2.02. The van der Waals surface area contributed by atoms with Gasteiger partial charge in [0.25, 0.3) is 0 Å². The topological polar surface area (TPSA) is 69.9 Å². The molecular weight excluding hydrogens is 424 g/mol. The number of esters is 1. The number of carbonyl (C=O) groups is 2. The largest absolute Gasteiger partial charge is 0.497 e. The highest BCUT2D eigenvalue weighted by atomic mass is 79.9. The summed E-state index contributed by atoms with van der Waals surface area (Å²) in [4.78, 5) is 28.6. The van der Waals surface area contributed by atoms with Gasteiger partial charge < -0.3 is 9.47 Å². The van der Waals surface area contributed by atoms with E-state index in [9.17, 15) is 9.59 Å². The Morgan fingerprint density at radius 3 is 2.82 bits per heavy atom. The number of aromatic nitrogens is 1. The van der Waals surface area contributed by atoms with Crippen LogP contribution in [-0.4, -0.2) is 29.5 Å². The molecule has 2 heterocycles. The summed E-state index contributed by atoms with van der Waals surface area (Å²) in [5.41, 5.74) is 2.27. The third-order valence-corrected chi connectivity index (χ3v) is 4.86. The smallest absolute Gasteiger partial charge is 0.363 e. The van der Waals surface area contributed by atoms with E-state index in [1.165, 1.54) is 6.92 Å². The number of methoxy groups -OCH3 is 1. The SMILES string of the molecule is COc1cccc(C2=N/C(=C\c3cn(C(C)=O)c4ccc(Br)cc34)C(=O)O2)c1. The molecule has 1 aliphatic heterocycles. The fourth-order valence-electron chi connectivity index (χ4n) is 3.04. The Bertz CT molecular complexity index is 1190. The molecule has 1 aromatic heterocycles. The second-order valence-corrected chi connectivity index (χ2v) is 7.12. The van der Waals surface area contributed by atoms with Crippen LogP contribution in [0.1, 0.15) is 22.8 Å². The first-order chi connectivity index (χ1) is 13.5. The number of hydrogen-bond acceptors (Lipinski definition) is 5. The Kier molecular flexibility index (Phi) is 4.60. The van der Waals surface area contributed by atoms with E-state index in [0.717, 1.165) is 15.4 Å². The molecule has 7 heteroatoms. The molecule has 0 saturated heterocycles. The highest BCUT2D eigenvalue weighted by molar-refractivity contribution is 9.10. The van der Waals surface area contributed by atoms with E-state index in [-0.39, 0.29) is 17.5 Å². The molecule has 0 amide bonds. The van der Waals surface area contributed by atoms with Gasteiger partial charge in [-0.2, -0.15) is 0 Å². The molecule has 0 fully saturated rings. The molecule has 0 atom stereocenters. The predicted molar refractivity (Wildman–Crippen MR) is 110 cm³/mol. The van der Waals surface area contributed by atoms with E-state index in [2.05, 4.69) is 20.9 Å². The first-order valence-corrected chi connectivity index (χ1v) is 9.24. The Morgan fingerprint density at radius 2 is 2.07 bits per heavy atom. The molecule has 0 N–H and O–H groups in total. The fraction of sp³-hybridized carbons (Fsp3) is 0.0952. The summed E-state index contributed by atoms with van der Waals surface area (Å²) in [6.07, 6.45) is 3.32. The summed E-state index contributed by atoms with van der Waals surface area (Å²) in [6.45, 7) is 1.49. The number of cyclic esters (lactones) is 1. The van der Waals surface area contributed by atoms with Gasteiger partial charge in [-0.05, 0) is 42.5 Å². The van der Waals surface area contributed by atoms with Crippen LogP contribution in [-0.2, 0) is 9.53 Å². The lowest BCUT2D eigenvalue weighted by Crippen LogP contribution is -2.05. The lowest BCUT2D eigenvalue weighted by molar-refractivity contribution is -0.129. The molecule has 2 aromatic carbocycles. The maximum atomic E-state index is 12.3. The van der Waals surface area contributed by atoms with Gasteiger partial charge in [0, 0.05) is 34.1 Å². The van der Waals surface area contributed by atoms with Gasteiger partial charge in [0.1, 0.15) is 5.75 Å². The zero-order valence-electron chi connectivity index (χ0n) is 15.1. The van der Waals surface area contributed by atoms with Crippen LogP contribution in [0, 0.1) is 0 Å². The van der Waals surface area contributed by atoms with Crippen LogP contribution in [0.25, 0.3) is 17.0 Å². The summed E-state index contributed by atoms with van der Waals surface area (Å²) >= 11 is 3.45. The van der Waals surface area contributed by atoms with Crippen LogP contribution in [0.15, 0.2) is 63.8 Å². The number of benzene rings is 2. The number of fused-ring (bicyclic) bond motifs is 1. The molecule has 4 rings (SSSR count). The van der Waals surface area contributed by atoms with Crippen molar-refractivity contribution in [3.63, 3.8) is 0 Å². The van der Waals surface area contributed by atoms with Crippen molar-refractivity contribution in [2.75, 3.05) is 7.11 Å². The Hall–Kier alpha value is -3.19. The highest BCUT2D eigenvalue weighted by Crippen LogP contribution is 2.29. The number of aliphatic imine (C=N–C) groups is 1. The van der Waals surface area contributed by atoms with Gasteiger partial charge in [0.15, 0.2) is 5.70 Å². The molecule has 0 bridgehead atoms. The van der Waals surface area contributed by atoms with E-state index in [4.69, 9.17) is 9.47 Å². The standard InChI is InChI=1S/C21H15BrN2O4/c1-12(25)24-11-14(17-10-15(22)6-7-19(17)24)9-18-21(26)28-20(23-18)13-4-3-5-16(8-13)27-2/h3-11H,1-2H3/b18-9-. The minimum Gasteiger partial charge on any atom is -0.497 e. The third kappa shape index (κ3) is 3.25. The number of ether oxygens (including phenoxy) is 2. The van der Waals surface area contributed by atoms with Crippen molar-refractivity contribution in [1.82, 2.24) is 4.57 Å². The van der Waals surface area contributed by atoms with Crippen molar-refractivity contribution in [3.05, 3.63) is 70.0 Å². The summed E-state index contributed by atoms with van der Waals surface area (Å²) < 4.78 is 12.9. The number of nitrogens with zero attached hydrogens (tertiary/aromatic N) is 2. The molecule has 6 nitrogen and oxygen atoms in total. The van der Waals surface area contributed by atoms with E-state index in [0.29, 0.717) is 16.9 Å².